The second kappa shape index (κ2) is 12.8. The van der Waals surface area contributed by atoms with E-state index in [0.29, 0.717) is 0 Å². The number of allylic oxidation sites excluding steroid dienone is 2. The van der Waals surface area contributed by atoms with Crippen molar-refractivity contribution < 1.29 is 13.2 Å². The van der Waals surface area contributed by atoms with Crippen molar-refractivity contribution in [3.63, 3.8) is 0 Å². The molecule has 0 spiro atoms. The molecule has 1 rings (SSSR count). The molecule has 0 aromatic heterocycles. The van der Waals surface area contributed by atoms with E-state index in [9.17, 15) is 13.2 Å². The molecule has 1 aromatic rings. The van der Waals surface area contributed by atoms with Crippen molar-refractivity contribution in [3.8, 4) is 0 Å². The Bertz CT molecular complexity index is 580. The number of benzene rings is 1. The SMILES string of the molecule is C=CC/C(=[C](/c1ccccc1)[Sn]([CH2]CCC)([CH2]CCC)[CH2]CCC)C(F)(F)F. The van der Waals surface area contributed by atoms with Crippen LogP contribution < -0.4 is 0 Å². The molecule has 0 radical (unpaired) electrons. The molecule has 0 aliphatic heterocycles. The van der Waals surface area contributed by atoms with Gasteiger partial charge in [0.1, 0.15) is 0 Å². The van der Waals surface area contributed by atoms with E-state index in [4.69, 9.17) is 0 Å². The zero-order chi connectivity index (χ0) is 21.0. The van der Waals surface area contributed by atoms with E-state index in [1.165, 1.54) is 6.08 Å². The van der Waals surface area contributed by atoms with Crippen molar-refractivity contribution in [2.24, 2.45) is 0 Å². The van der Waals surface area contributed by atoms with Crippen LogP contribution in [-0.4, -0.2) is 24.6 Å². The molecule has 0 atom stereocenters. The Kier molecular flexibility index (Phi) is 11.5. The second-order valence-electron chi connectivity index (χ2n) is 7.80. The molecule has 0 N–H and O–H groups in total. The molecule has 158 valence electrons. The summed E-state index contributed by atoms with van der Waals surface area (Å²) in [7, 11) is 0. The first-order valence-electron chi connectivity index (χ1n) is 10.8. The summed E-state index contributed by atoms with van der Waals surface area (Å²) >= 11 is -3.30. The monoisotopic (exact) mass is 502 g/mol. The van der Waals surface area contributed by atoms with Crippen LogP contribution in [-0.2, 0) is 0 Å². The van der Waals surface area contributed by atoms with Gasteiger partial charge in [0.2, 0.25) is 0 Å². The van der Waals surface area contributed by atoms with Gasteiger partial charge in [-0.25, -0.2) is 0 Å². The topological polar surface area (TPSA) is 0 Å². The fourth-order valence-corrected chi connectivity index (χ4v) is 22.1. The van der Waals surface area contributed by atoms with Crippen molar-refractivity contribution in [3.05, 3.63) is 54.1 Å². The standard InChI is InChI=1S/C12H10F3.3C4H9.Sn/c1-2-6-11(12(13,14)15)9-10-7-4-3-5-8-10;3*1-3-4-2;/h2-5,7-8H,1,6H2;3*1,3-4H2,2H3;. The first-order valence-corrected chi connectivity index (χ1v) is 18.3. The van der Waals surface area contributed by atoms with Gasteiger partial charge in [-0.15, -0.1) is 0 Å². The number of halogens is 3. The summed E-state index contributed by atoms with van der Waals surface area (Å²) in [6.07, 6.45) is 3.30. The first-order chi connectivity index (χ1) is 13.4. The third-order valence-electron chi connectivity index (χ3n) is 5.61. The maximum absolute atomic E-state index is 14.3. The van der Waals surface area contributed by atoms with Crippen molar-refractivity contribution in [2.75, 3.05) is 0 Å². The molecule has 0 unspecified atom stereocenters. The molecule has 0 aliphatic carbocycles. The number of alkyl halides is 3. The van der Waals surface area contributed by atoms with E-state index in [1.54, 1.807) is 0 Å². The Morgan fingerprint density at radius 1 is 0.893 bits per heavy atom. The molecule has 0 heterocycles. The van der Waals surface area contributed by atoms with E-state index in [-0.39, 0.29) is 12.0 Å². The minimum atomic E-state index is -4.30. The molecule has 0 saturated heterocycles. The van der Waals surface area contributed by atoms with Gasteiger partial charge < -0.3 is 0 Å². The quantitative estimate of drug-likeness (QED) is 0.187. The number of hydrogen-bond acceptors (Lipinski definition) is 0. The van der Waals surface area contributed by atoms with Gasteiger partial charge in [0.25, 0.3) is 0 Å². The molecule has 0 aliphatic rings. The molecule has 0 bridgehead atoms. The summed E-state index contributed by atoms with van der Waals surface area (Å²) < 4.78 is 46.6. The molecule has 1 aromatic carbocycles. The molecule has 28 heavy (non-hydrogen) atoms. The molecular weight excluding hydrogens is 464 g/mol. The fraction of sp³-hybridized carbons (Fsp3) is 0.583. The molecule has 0 nitrogen and oxygen atoms in total. The van der Waals surface area contributed by atoms with E-state index < -0.39 is 24.6 Å². The van der Waals surface area contributed by atoms with Crippen molar-refractivity contribution in [1.82, 2.24) is 0 Å². The van der Waals surface area contributed by atoms with Crippen LogP contribution >= 0.6 is 0 Å². The third kappa shape index (κ3) is 7.27. The number of rotatable bonds is 13. The summed E-state index contributed by atoms with van der Waals surface area (Å²) in [6, 6.07) is 9.46. The van der Waals surface area contributed by atoms with Crippen LogP contribution in [0.5, 0.6) is 0 Å². The van der Waals surface area contributed by atoms with Crippen LogP contribution in [0.15, 0.2) is 48.6 Å². The maximum atomic E-state index is 14.3. The van der Waals surface area contributed by atoms with Crippen molar-refractivity contribution in [1.29, 1.82) is 0 Å². The normalized spacial score (nSPS) is 13.4. The molecule has 0 fully saturated rings. The molecule has 0 amide bonds. The predicted octanol–water partition coefficient (Wildman–Crippen LogP) is 8.97. The first kappa shape index (κ1) is 25.3. The van der Waals surface area contributed by atoms with E-state index in [0.717, 1.165) is 61.0 Å². The van der Waals surface area contributed by atoms with Crippen LogP contribution in [0.4, 0.5) is 13.2 Å². The zero-order valence-corrected chi connectivity index (χ0v) is 20.7. The number of unbranched alkanes of at least 4 members (excludes halogenated alkanes) is 3. The fourth-order valence-electron chi connectivity index (χ4n) is 4.20. The third-order valence-corrected chi connectivity index (χ3v) is 21.5. The van der Waals surface area contributed by atoms with Crippen LogP contribution in [0.3, 0.4) is 0 Å². The Morgan fingerprint density at radius 2 is 1.36 bits per heavy atom. The van der Waals surface area contributed by atoms with Crippen molar-refractivity contribution in [2.45, 2.75) is 85.2 Å². The van der Waals surface area contributed by atoms with Gasteiger partial charge in [-0.05, 0) is 0 Å². The zero-order valence-electron chi connectivity index (χ0n) is 17.9. The van der Waals surface area contributed by atoms with Gasteiger partial charge in [0.05, 0.1) is 0 Å². The Balaban J connectivity index is 3.79. The molecule has 0 saturated carbocycles. The molecular formula is C24H37F3Sn. The Hall–Kier alpha value is -0.711. The van der Waals surface area contributed by atoms with Gasteiger partial charge in [-0.3, -0.25) is 0 Å². The van der Waals surface area contributed by atoms with E-state index >= 15 is 0 Å². The summed E-state index contributed by atoms with van der Waals surface area (Å²) in [5.74, 6) is 0. The van der Waals surface area contributed by atoms with Crippen LogP contribution in [0.2, 0.25) is 13.3 Å². The van der Waals surface area contributed by atoms with E-state index in [2.05, 4.69) is 27.4 Å². The predicted molar refractivity (Wildman–Crippen MR) is 119 cm³/mol. The van der Waals surface area contributed by atoms with Crippen LogP contribution in [0.25, 0.3) is 3.59 Å². The van der Waals surface area contributed by atoms with Gasteiger partial charge >= 0.3 is 174 Å². The van der Waals surface area contributed by atoms with Gasteiger partial charge in [-0.2, -0.15) is 0 Å². The van der Waals surface area contributed by atoms with Crippen LogP contribution in [0.1, 0.15) is 71.3 Å². The average Bonchev–Trinajstić information content (AvgIpc) is 2.68. The van der Waals surface area contributed by atoms with Crippen LogP contribution in [0, 0.1) is 0 Å². The summed E-state index contributed by atoms with van der Waals surface area (Å²) in [5, 5.41) is 0. The summed E-state index contributed by atoms with van der Waals surface area (Å²) in [5.41, 5.74) is 0.503. The minimum absolute atomic E-state index is 0.0865. The van der Waals surface area contributed by atoms with Crippen molar-refractivity contribution >= 4 is 22.0 Å². The molecule has 4 heteroatoms. The summed E-state index contributed by atoms with van der Waals surface area (Å²) in [4.78, 5) is 0. The van der Waals surface area contributed by atoms with Gasteiger partial charge in [0, 0.05) is 0 Å². The summed E-state index contributed by atoms with van der Waals surface area (Å²) in [6.45, 7) is 10.1. The Morgan fingerprint density at radius 3 is 1.71 bits per heavy atom. The van der Waals surface area contributed by atoms with Gasteiger partial charge in [-0.1, -0.05) is 0 Å². The Labute approximate surface area is 174 Å². The average molecular weight is 501 g/mol. The number of hydrogen-bond donors (Lipinski definition) is 0. The van der Waals surface area contributed by atoms with Gasteiger partial charge in [0.15, 0.2) is 0 Å². The van der Waals surface area contributed by atoms with E-state index in [1.807, 2.05) is 30.3 Å². The second-order valence-corrected chi connectivity index (χ2v) is 20.8.